The van der Waals surface area contributed by atoms with E-state index in [-0.39, 0.29) is 0 Å². The Morgan fingerprint density at radius 3 is 2.53 bits per heavy atom. The molecule has 0 aliphatic carbocycles. The molecule has 0 amide bonds. The number of carboxylic acid groups (broad SMARTS) is 1. The van der Waals surface area contributed by atoms with Crippen molar-refractivity contribution in [2.45, 2.75) is 20.3 Å². The largest absolute Gasteiger partial charge is 0.494 e. The summed E-state index contributed by atoms with van der Waals surface area (Å²) in [5.74, 6) is -0.0190. The number of benzene rings is 2. The fourth-order valence-electron chi connectivity index (χ4n) is 1.79. The SMILES string of the molecule is CC(C)(CCOc1ccc2ccccc2c1)C(=O)O. The molecule has 3 heteroatoms. The predicted octanol–water partition coefficient (Wildman–Crippen LogP) is 3.72. The van der Waals surface area contributed by atoms with Crippen molar-refractivity contribution < 1.29 is 14.6 Å². The predicted molar refractivity (Wildman–Crippen MR) is 75.5 cm³/mol. The summed E-state index contributed by atoms with van der Waals surface area (Å²) in [5.41, 5.74) is -0.753. The van der Waals surface area contributed by atoms with Crippen LogP contribution in [0.3, 0.4) is 0 Å². The van der Waals surface area contributed by atoms with E-state index in [4.69, 9.17) is 9.84 Å². The molecular weight excluding hydrogens is 240 g/mol. The first kappa shape index (κ1) is 13.4. The van der Waals surface area contributed by atoms with Crippen LogP contribution >= 0.6 is 0 Å². The molecule has 2 aromatic rings. The molecule has 100 valence electrons. The number of fused-ring (bicyclic) bond motifs is 1. The quantitative estimate of drug-likeness (QED) is 0.889. The van der Waals surface area contributed by atoms with Crippen LogP contribution < -0.4 is 4.74 Å². The third-order valence-electron chi connectivity index (χ3n) is 3.30. The van der Waals surface area contributed by atoms with Gasteiger partial charge in [0.25, 0.3) is 0 Å². The van der Waals surface area contributed by atoms with Crippen LogP contribution in [0.25, 0.3) is 10.8 Å². The Morgan fingerprint density at radius 1 is 1.16 bits per heavy atom. The van der Waals surface area contributed by atoms with Crippen LogP contribution in [-0.2, 0) is 4.79 Å². The van der Waals surface area contributed by atoms with E-state index in [0.717, 1.165) is 11.1 Å². The standard InChI is InChI=1S/C16H18O3/c1-16(2,15(17)18)9-10-19-14-8-7-12-5-3-4-6-13(12)11-14/h3-8,11H,9-10H2,1-2H3,(H,17,18). The third kappa shape index (κ3) is 3.25. The van der Waals surface area contributed by atoms with Gasteiger partial charge < -0.3 is 9.84 Å². The summed E-state index contributed by atoms with van der Waals surface area (Å²) in [6.45, 7) is 3.82. The molecule has 0 radical (unpaired) electrons. The molecule has 0 aliphatic heterocycles. The van der Waals surface area contributed by atoms with E-state index in [1.54, 1.807) is 13.8 Å². The van der Waals surface area contributed by atoms with Gasteiger partial charge in [-0.25, -0.2) is 0 Å². The molecule has 0 spiro atoms. The zero-order valence-electron chi connectivity index (χ0n) is 11.2. The Bertz CT molecular complexity index is 587. The number of ether oxygens (including phenoxy) is 1. The molecular formula is C16H18O3. The second-order valence-corrected chi connectivity index (χ2v) is 5.30. The summed E-state index contributed by atoms with van der Waals surface area (Å²) in [7, 11) is 0. The molecule has 0 bridgehead atoms. The van der Waals surface area contributed by atoms with Crippen molar-refractivity contribution in [3.05, 3.63) is 42.5 Å². The zero-order chi connectivity index (χ0) is 13.9. The maximum atomic E-state index is 11.0. The van der Waals surface area contributed by atoms with Crippen molar-refractivity contribution in [2.24, 2.45) is 5.41 Å². The minimum Gasteiger partial charge on any atom is -0.494 e. The third-order valence-corrected chi connectivity index (χ3v) is 3.30. The van der Waals surface area contributed by atoms with Crippen molar-refractivity contribution in [1.29, 1.82) is 0 Å². The lowest BCUT2D eigenvalue weighted by Crippen LogP contribution is -2.25. The Kier molecular flexibility index (Phi) is 3.74. The number of carbonyl (C=O) groups is 1. The summed E-state index contributed by atoms with van der Waals surface area (Å²) in [4.78, 5) is 11.0. The molecule has 2 rings (SSSR count). The van der Waals surface area contributed by atoms with Crippen LogP contribution in [0.1, 0.15) is 20.3 Å². The monoisotopic (exact) mass is 258 g/mol. The number of hydrogen-bond acceptors (Lipinski definition) is 2. The summed E-state index contributed by atoms with van der Waals surface area (Å²) >= 11 is 0. The lowest BCUT2D eigenvalue weighted by Gasteiger charge is -2.19. The van der Waals surface area contributed by atoms with Gasteiger partial charge in [0.15, 0.2) is 0 Å². The maximum absolute atomic E-state index is 11.0. The van der Waals surface area contributed by atoms with E-state index in [9.17, 15) is 4.79 Å². The van der Waals surface area contributed by atoms with Gasteiger partial charge in [0.1, 0.15) is 5.75 Å². The lowest BCUT2D eigenvalue weighted by molar-refractivity contribution is -0.147. The second-order valence-electron chi connectivity index (χ2n) is 5.30. The molecule has 0 aromatic heterocycles. The van der Waals surface area contributed by atoms with Gasteiger partial charge in [0.2, 0.25) is 0 Å². The highest BCUT2D eigenvalue weighted by atomic mass is 16.5. The van der Waals surface area contributed by atoms with Crippen molar-refractivity contribution in [3.8, 4) is 5.75 Å². The highest BCUT2D eigenvalue weighted by molar-refractivity contribution is 5.83. The van der Waals surface area contributed by atoms with E-state index < -0.39 is 11.4 Å². The molecule has 0 saturated heterocycles. The number of rotatable bonds is 5. The average molecular weight is 258 g/mol. The van der Waals surface area contributed by atoms with Crippen LogP contribution in [0.2, 0.25) is 0 Å². The van der Waals surface area contributed by atoms with E-state index in [0.29, 0.717) is 13.0 Å². The molecule has 0 fully saturated rings. The molecule has 0 unspecified atom stereocenters. The fraction of sp³-hybridized carbons (Fsp3) is 0.312. The first-order valence-corrected chi connectivity index (χ1v) is 6.34. The van der Waals surface area contributed by atoms with Gasteiger partial charge in [-0.2, -0.15) is 0 Å². The van der Waals surface area contributed by atoms with Crippen LogP contribution in [-0.4, -0.2) is 17.7 Å². The lowest BCUT2D eigenvalue weighted by atomic mass is 9.90. The Balaban J connectivity index is 2.00. The smallest absolute Gasteiger partial charge is 0.309 e. The first-order valence-electron chi connectivity index (χ1n) is 6.34. The minimum absolute atomic E-state index is 0.400. The van der Waals surface area contributed by atoms with Crippen molar-refractivity contribution in [3.63, 3.8) is 0 Å². The van der Waals surface area contributed by atoms with Gasteiger partial charge in [-0.3, -0.25) is 4.79 Å². The van der Waals surface area contributed by atoms with E-state index in [1.807, 2.05) is 42.5 Å². The van der Waals surface area contributed by atoms with Gasteiger partial charge in [-0.05, 0) is 43.2 Å². The van der Waals surface area contributed by atoms with Crippen molar-refractivity contribution >= 4 is 16.7 Å². The number of aliphatic carboxylic acids is 1. The minimum atomic E-state index is -0.797. The van der Waals surface area contributed by atoms with Gasteiger partial charge in [0, 0.05) is 0 Å². The first-order chi connectivity index (χ1) is 8.99. The molecule has 1 N–H and O–H groups in total. The molecule has 0 heterocycles. The van der Waals surface area contributed by atoms with Gasteiger partial charge >= 0.3 is 5.97 Å². The summed E-state index contributed by atoms with van der Waals surface area (Å²) in [6, 6.07) is 14.0. The van der Waals surface area contributed by atoms with E-state index in [1.165, 1.54) is 5.39 Å². The molecule has 0 saturated carbocycles. The van der Waals surface area contributed by atoms with E-state index >= 15 is 0 Å². The Hall–Kier alpha value is -2.03. The zero-order valence-corrected chi connectivity index (χ0v) is 11.2. The van der Waals surface area contributed by atoms with Crippen LogP contribution in [0, 0.1) is 5.41 Å². The highest BCUT2D eigenvalue weighted by Crippen LogP contribution is 2.23. The Labute approximate surface area is 112 Å². The summed E-state index contributed by atoms with van der Waals surface area (Å²) in [5, 5.41) is 11.3. The van der Waals surface area contributed by atoms with Crippen LogP contribution in [0.15, 0.2) is 42.5 Å². The number of carboxylic acids is 1. The van der Waals surface area contributed by atoms with Crippen molar-refractivity contribution in [1.82, 2.24) is 0 Å². The summed E-state index contributed by atoms with van der Waals surface area (Å²) < 4.78 is 5.64. The number of hydrogen-bond donors (Lipinski definition) is 1. The van der Waals surface area contributed by atoms with Crippen molar-refractivity contribution in [2.75, 3.05) is 6.61 Å². The van der Waals surface area contributed by atoms with E-state index in [2.05, 4.69) is 0 Å². The average Bonchev–Trinajstić information content (AvgIpc) is 2.38. The molecule has 19 heavy (non-hydrogen) atoms. The fourth-order valence-corrected chi connectivity index (χ4v) is 1.79. The molecule has 0 aliphatic rings. The Morgan fingerprint density at radius 2 is 1.84 bits per heavy atom. The molecule has 2 aromatic carbocycles. The maximum Gasteiger partial charge on any atom is 0.309 e. The second kappa shape index (κ2) is 5.31. The molecule has 0 atom stereocenters. The van der Waals surface area contributed by atoms with Gasteiger partial charge in [-0.1, -0.05) is 30.3 Å². The van der Waals surface area contributed by atoms with Gasteiger partial charge in [0.05, 0.1) is 12.0 Å². The van der Waals surface area contributed by atoms with Gasteiger partial charge in [-0.15, -0.1) is 0 Å². The van der Waals surface area contributed by atoms with Crippen LogP contribution in [0.4, 0.5) is 0 Å². The topological polar surface area (TPSA) is 46.5 Å². The van der Waals surface area contributed by atoms with Crippen LogP contribution in [0.5, 0.6) is 5.75 Å². The summed E-state index contributed by atoms with van der Waals surface area (Å²) in [6.07, 6.45) is 0.481. The normalized spacial score (nSPS) is 11.5. The molecule has 3 nitrogen and oxygen atoms in total. The highest BCUT2D eigenvalue weighted by Gasteiger charge is 2.26.